The summed E-state index contributed by atoms with van der Waals surface area (Å²) in [6.07, 6.45) is 4.43. The number of aromatic nitrogens is 1. The van der Waals surface area contributed by atoms with Gasteiger partial charge in [-0.25, -0.2) is 4.98 Å². The summed E-state index contributed by atoms with van der Waals surface area (Å²) in [6.45, 7) is 5.77. The zero-order chi connectivity index (χ0) is 16.1. The Kier molecular flexibility index (Phi) is 5.25. The first kappa shape index (κ1) is 16.0. The Bertz CT molecular complexity index is 659. The number of likely N-dealkylation sites (tertiary alicyclic amines) is 1. The standard InChI is InChI=1S/C17H23N5S/c1-13-5-7-22(8-6-13)11-15-4-2-3-14(9-15)10-19-21-17-20-16(18)12-23-17/h2-4,9-10,12-13H,5-8,11,18H2,1H3,(H,20,21). The molecule has 0 radical (unpaired) electrons. The van der Waals surface area contributed by atoms with Crippen molar-refractivity contribution in [3.63, 3.8) is 0 Å². The van der Waals surface area contributed by atoms with Gasteiger partial charge in [-0.2, -0.15) is 5.10 Å². The maximum atomic E-state index is 5.58. The molecule has 1 aliphatic rings. The van der Waals surface area contributed by atoms with E-state index in [9.17, 15) is 0 Å². The first-order valence-electron chi connectivity index (χ1n) is 8.00. The second-order valence-corrected chi connectivity index (χ2v) is 7.01. The minimum absolute atomic E-state index is 0.519. The predicted molar refractivity (Wildman–Crippen MR) is 97.9 cm³/mol. The van der Waals surface area contributed by atoms with Crippen molar-refractivity contribution in [1.29, 1.82) is 0 Å². The minimum Gasteiger partial charge on any atom is -0.383 e. The SMILES string of the molecule is CC1CCN(Cc2cccc(C=NNc3nc(N)cs3)c2)CC1. The highest BCUT2D eigenvalue weighted by atomic mass is 32.1. The third-order valence-corrected chi connectivity index (χ3v) is 4.89. The molecule has 1 aliphatic heterocycles. The smallest absolute Gasteiger partial charge is 0.205 e. The maximum Gasteiger partial charge on any atom is 0.205 e. The lowest BCUT2D eigenvalue weighted by Gasteiger charge is -2.30. The van der Waals surface area contributed by atoms with Crippen molar-refractivity contribution in [3.8, 4) is 0 Å². The van der Waals surface area contributed by atoms with Gasteiger partial charge in [0.15, 0.2) is 0 Å². The van der Waals surface area contributed by atoms with Gasteiger partial charge >= 0.3 is 0 Å². The third kappa shape index (κ3) is 4.77. The molecule has 0 atom stereocenters. The Hall–Kier alpha value is -1.92. The number of rotatable bonds is 5. The molecular weight excluding hydrogens is 306 g/mol. The molecular formula is C17H23N5S. The lowest BCUT2D eigenvalue weighted by molar-refractivity contribution is 0.185. The highest BCUT2D eigenvalue weighted by Gasteiger charge is 2.15. The molecule has 0 spiro atoms. The fourth-order valence-corrected chi connectivity index (χ4v) is 3.30. The number of piperidine rings is 1. The zero-order valence-electron chi connectivity index (χ0n) is 13.4. The topological polar surface area (TPSA) is 66.5 Å². The van der Waals surface area contributed by atoms with Gasteiger partial charge in [0.25, 0.3) is 0 Å². The molecule has 2 aromatic rings. The fraction of sp³-hybridized carbons (Fsp3) is 0.412. The lowest BCUT2D eigenvalue weighted by atomic mass is 9.99. The second kappa shape index (κ2) is 7.57. The van der Waals surface area contributed by atoms with Crippen molar-refractivity contribution in [2.45, 2.75) is 26.3 Å². The van der Waals surface area contributed by atoms with Crippen LogP contribution in [0.25, 0.3) is 0 Å². The molecule has 1 aromatic heterocycles. The van der Waals surface area contributed by atoms with Gasteiger partial charge in [-0.05, 0) is 49.0 Å². The van der Waals surface area contributed by atoms with Crippen LogP contribution in [0.3, 0.4) is 0 Å². The van der Waals surface area contributed by atoms with E-state index in [-0.39, 0.29) is 0 Å². The number of nitrogens with zero attached hydrogens (tertiary/aromatic N) is 3. The molecule has 3 rings (SSSR count). The Morgan fingerprint density at radius 1 is 1.43 bits per heavy atom. The van der Waals surface area contributed by atoms with Gasteiger partial charge in [0.1, 0.15) is 5.82 Å². The number of nitrogen functional groups attached to an aromatic ring is 1. The van der Waals surface area contributed by atoms with E-state index in [1.807, 2.05) is 6.21 Å². The summed E-state index contributed by atoms with van der Waals surface area (Å²) >= 11 is 1.44. The number of benzene rings is 1. The van der Waals surface area contributed by atoms with Crippen molar-refractivity contribution in [1.82, 2.24) is 9.88 Å². The molecule has 23 heavy (non-hydrogen) atoms. The van der Waals surface area contributed by atoms with Crippen LogP contribution in [-0.4, -0.2) is 29.2 Å². The van der Waals surface area contributed by atoms with E-state index in [4.69, 9.17) is 5.73 Å². The average molecular weight is 329 g/mol. The number of anilines is 2. The fourth-order valence-electron chi connectivity index (χ4n) is 2.75. The van der Waals surface area contributed by atoms with E-state index in [0.29, 0.717) is 10.9 Å². The molecule has 1 fully saturated rings. The zero-order valence-corrected chi connectivity index (χ0v) is 14.2. The lowest BCUT2D eigenvalue weighted by Crippen LogP contribution is -2.32. The van der Waals surface area contributed by atoms with Crippen LogP contribution in [0, 0.1) is 5.92 Å². The van der Waals surface area contributed by atoms with Crippen molar-refractivity contribution in [2.75, 3.05) is 24.2 Å². The largest absolute Gasteiger partial charge is 0.383 e. The van der Waals surface area contributed by atoms with Crippen LogP contribution in [-0.2, 0) is 6.54 Å². The van der Waals surface area contributed by atoms with Crippen molar-refractivity contribution < 1.29 is 0 Å². The molecule has 0 saturated carbocycles. The summed E-state index contributed by atoms with van der Waals surface area (Å²) in [7, 11) is 0. The first-order chi connectivity index (χ1) is 11.2. The predicted octanol–water partition coefficient (Wildman–Crippen LogP) is 3.40. The Labute approximate surface area is 141 Å². The monoisotopic (exact) mass is 329 g/mol. The molecule has 0 unspecified atom stereocenters. The summed E-state index contributed by atoms with van der Waals surface area (Å²) in [5, 5.41) is 6.72. The van der Waals surface area contributed by atoms with Gasteiger partial charge in [0.05, 0.1) is 6.21 Å². The number of nitrogens with two attached hydrogens (primary N) is 1. The number of hydrazone groups is 1. The average Bonchev–Trinajstić information content (AvgIpc) is 2.96. The van der Waals surface area contributed by atoms with E-state index in [2.05, 4.69) is 51.6 Å². The second-order valence-electron chi connectivity index (χ2n) is 6.15. The van der Waals surface area contributed by atoms with Crippen LogP contribution < -0.4 is 11.2 Å². The highest BCUT2D eigenvalue weighted by molar-refractivity contribution is 7.14. The molecule has 1 saturated heterocycles. The summed E-state index contributed by atoms with van der Waals surface area (Å²) in [6, 6.07) is 8.53. The molecule has 3 N–H and O–H groups in total. The van der Waals surface area contributed by atoms with E-state index in [0.717, 1.165) is 18.0 Å². The summed E-state index contributed by atoms with van der Waals surface area (Å²) < 4.78 is 0. The molecule has 122 valence electrons. The van der Waals surface area contributed by atoms with Crippen LogP contribution in [0.2, 0.25) is 0 Å². The summed E-state index contributed by atoms with van der Waals surface area (Å²) in [5.74, 6) is 1.39. The number of nitrogens with one attached hydrogen (secondary N) is 1. The Morgan fingerprint density at radius 2 is 2.26 bits per heavy atom. The Balaban J connectivity index is 1.56. The number of hydrogen-bond donors (Lipinski definition) is 2. The van der Waals surface area contributed by atoms with Gasteiger partial charge < -0.3 is 5.73 Å². The van der Waals surface area contributed by atoms with E-state index < -0.39 is 0 Å². The van der Waals surface area contributed by atoms with Crippen LogP contribution in [0.15, 0.2) is 34.7 Å². The van der Waals surface area contributed by atoms with Gasteiger partial charge in [-0.1, -0.05) is 25.1 Å². The molecule has 1 aromatic carbocycles. The summed E-state index contributed by atoms with van der Waals surface area (Å²) in [4.78, 5) is 6.64. The van der Waals surface area contributed by atoms with Crippen molar-refractivity contribution in [2.24, 2.45) is 11.0 Å². The first-order valence-corrected chi connectivity index (χ1v) is 8.88. The van der Waals surface area contributed by atoms with Crippen LogP contribution in [0.1, 0.15) is 30.9 Å². The molecule has 2 heterocycles. The minimum atomic E-state index is 0.519. The van der Waals surface area contributed by atoms with Gasteiger partial charge in [0.2, 0.25) is 5.13 Å². The summed E-state index contributed by atoms with van der Waals surface area (Å²) in [5.41, 5.74) is 10.9. The molecule has 0 aliphatic carbocycles. The quantitative estimate of drug-likeness (QED) is 0.652. The molecule has 6 heteroatoms. The molecule has 0 amide bonds. The third-order valence-electron chi connectivity index (χ3n) is 4.13. The van der Waals surface area contributed by atoms with E-state index in [1.54, 1.807) is 5.38 Å². The van der Waals surface area contributed by atoms with Crippen LogP contribution >= 0.6 is 11.3 Å². The van der Waals surface area contributed by atoms with Gasteiger partial charge in [-0.15, -0.1) is 11.3 Å². The van der Waals surface area contributed by atoms with Crippen LogP contribution in [0.4, 0.5) is 10.9 Å². The van der Waals surface area contributed by atoms with Crippen molar-refractivity contribution in [3.05, 3.63) is 40.8 Å². The van der Waals surface area contributed by atoms with Gasteiger partial charge in [0, 0.05) is 11.9 Å². The van der Waals surface area contributed by atoms with Gasteiger partial charge in [-0.3, -0.25) is 10.3 Å². The highest BCUT2D eigenvalue weighted by Crippen LogP contribution is 2.18. The maximum absolute atomic E-state index is 5.58. The molecule has 5 nitrogen and oxygen atoms in total. The van der Waals surface area contributed by atoms with Crippen LogP contribution in [0.5, 0.6) is 0 Å². The number of hydrogen-bond acceptors (Lipinski definition) is 6. The Morgan fingerprint density at radius 3 is 3.00 bits per heavy atom. The van der Waals surface area contributed by atoms with E-state index >= 15 is 0 Å². The van der Waals surface area contributed by atoms with Crippen molar-refractivity contribution >= 4 is 28.5 Å². The molecule has 0 bridgehead atoms. The normalized spacial score (nSPS) is 16.9. The number of thiazole rings is 1. The van der Waals surface area contributed by atoms with E-state index in [1.165, 1.54) is 42.8 Å².